The molecule has 2 heterocycles. The first-order valence-corrected chi connectivity index (χ1v) is 4.32. The summed E-state index contributed by atoms with van der Waals surface area (Å²) in [4.78, 5) is 13.1. The quantitative estimate of drug-likeness (QED) is 0.528. The predicted octanol–water partition coefficient (Wildman–Crippen LogP) is -0.632. The second kappa shape index (κ2) is 3.03. The molecule has 2 fully saturated rings. The Hall–Kier alpha value is -0.610. The zero-order valence-corrected chi connectivity index (χ0v) is 6.90. The van der Waals surface area contributed by atoms with Gasteiger partial charge < -0.3 is 14.7 Å². The molecule has 12 heavy (non-hydrogen) atoms. The molecule has 0 unspecified atom stereocenters. The first-order valence-electron chi connectivity index (χ1n) is 4.32. The number of hydrogen-bond donors (Lipinski definition) is 1. The zero-order chi connectivity index (χ0) is 8.55. The largest absolute Gasteiger partial charge is 0.393 e. The Balaban J connectivity index is 2.04. The fourth-order valence-electron chi connectivity index (χ4n) is 1.88. The van der Waals surface area contributed by atoms with Crippen LogP contribution in [0.5, 0.6) is 0 Å². The minimum absolute atomic E-state index is 0.0677. The van der Waals surface area contributed by atoms with E-state index in [9.17, 15) is 9.90 Å². The molecule has 0 aromatic carbocycles. The Labute approximate surface area is 71.1 Å². The first-order chi connectivity index (χ1) is 5.77. The number of aliphatic hydroxyl groups excluding tert-OH is 1. The minimum atomic E-state index is -0.249. The van der Waals surface area contributed by atoms with Gasteiger partial charge in [-0.3, -0.25) is 4.79 Å². The third-order valence-corrected chi connectivity index (χ3v) is 2.54. The van der Waals surface area contributed by atoms with E-state index < -0.39 is 0 Å². The van der Waals surface area contributed by atoms with Crippen molar-refractivity contribution in [1.29, 1.82) is 0 Å². The van der Waals surface area contributed by atoms with Crippen molar-refractivity contribution in [3.8, 4) is 0 Å². The molecular weight excluding hydrogens is 158 g/mol. The average Bonchev–Trinajstić information content (AvgIpc) is 2.04. The smallest absolute Gasteiger partial charge is 0.248 e. The van der Waals surface area contributed by atoms with Crippen LogP contribution in [0.1, 0.15) is 12.8 Å². The standard InChI is InChI=1S/C8H13NO3/c10-7-1-2-9-6(3-7)4-12-5-8(9)11/h6-7,10H,1-5H2/t6-,7-/m0/s1. The van der Waals surface area contributed by atoms with Crippen molar-refractivity contribution in [2.75, 3.05) is 19.8 Å². The van der Waals surface area contributed by atoms with Crippen LogP contribution in [0.25, 0.3) is 0 Å². The number of ether oxygens (including phenoxy) is 1. The fraction of sp³-hybridized carbons (Fsp3) is 0.875. The van der Waals surface area contributed by atoms with Crippen LogP contribution in [0.2, 0.25) is 0 Å². The Kier molecular flexibility index (Phi) is 2.02. The molecule has 4 heteroatoms. The average molecular weight is 171 g/mol. The topological polar surface area (TPSA) is 49.8 Å². The van der Waals surface area contributed by atoms with Gasteiger partial charge in [-0.05, 0) is 12.8 Å². The molecule has 2 atom stereocenters. The van der Waals surface area contributed by atoms with Crippen molar-refractivity contribution < 1.29 is 14.6 Å². The number of carbonyl (C=O) groups is 1. The van der Waals surface area contributed by atoms with E-state index in [-0.39, 0.29) is 24.7 Å². The summed E-state index contributed by atoms with van der Waals surface area (Å²) < 4.78 is 5.10. The number of fused-ring (bicyclic) bond motifs is 1. The van der Waals surface area contributed by atoms with Crippen LogP contribution in [0.3, 0.4) is 0 Å². The highest BCUT2D eigenvalue weighted by molar-refractivity contribution is 5.78. The normalized spacial score (nSPS) is 36.4. The second-order valence-electron chi connectivity index (χ2n) is 3.43. The van der Waals surface area contributed by atoms with Crippen molar-refractivity contribution in [2.45, 2.75) is 25.0 Å². The Morgan fingerprint density at radius 1 is 1.58 bits per heavy atom. The van der Waals surface area contributed by atoms with E-state index in [4.69, 9.17) is 4.74 Å². The van der Waals surface area contributed by atoms with Crippen LogP contribution < -0.4 is 0 Å². The van der Waals surface area contributed by atoms with E-state index in [1.807, 2.05) is 4.90 Å². The van der Waals surface area contributed by atoms with E-state index in [1.54, 1.807) is 0 Å². The van der Waals surface area contributed by atoms with Gasteiger partial charge in [-0.1, -0.05) is 0 Å². The van der Waals surface area contributed by atoms with Crippen LogP contribution in [-0.4, -0.2) is 47.8 Å². The maximum atomic E-state index is 11.3. The van der Waals surface area contributed by atoms with Gasteiger partial charge in [0.2, 0.25) is 5.91 Å². The molecule has 0 bridgehead atoms. The van der Waals surface area contributed by atoms with Crippen molar-refractivity contribution in [3.05, 3.63) is 0 Å². The SMILES string of the molecule is O=C1COC[C@@H]2C[C@@H](O)CCN12. The highest BCUT2D eigenvalue weighted by Gasteiger charge is 2.33. The van der Waals surface area contributed by atoms with Gasteiger partial charge in [0.05, 0.1) is 18.8 Å². The molecule has 0 aliphatic carbocycles. The molecule has 2 rings (SSSR count). The summed E-state index contributed by atoms with van der Waals surface area (Å²) in [6.45, 7) is 1.49. The summed E-state index contributed by atoms with van der Waals surface area (Å²) in [6.07, 6.45) is 1.13. The molecule has 4 nitrogen and oxygen atoms in total. The second-order valence-corrected chi connectivity index (χ2v) is 3.43. The van der Waals surface area contributed by atoms with Gasteiger partial charge in [-0.25, -0.2) is 0 Å². The van der Waals surface area contributed by atoms with E-state index in [1.165, 1.54) is 0 Å². The summed E-state index contributed by atoms with van der Waals surface area (Å²) in [7, 11) is 0. The van der Waals surface area contributed by atoms with E-state index in [2.05, 4.69) is 0 Å². The lowest BCUT2D eigenvalue weighted by Crippen LogP contribution is -2.54. The third kappa shape index (κ3) is 1.32. The van der Waals surface area contributed by atoms with Gasteiger partial charge in [0, 0.05) is 6.54 Å². The fourth-order valence-corrected chi connectivity index (χ4v) is 1.88. The van der Waals surface area contributed by atoms with Gasteiger partial charge in [-0.15, -0.1) is 0 Å². The molecule has 2 saturated heterocycles. The summed E-state index contributed by atoms with van der Waals surface area (Å²) in [5, 5.41) is 9.34. The molecule has 2 aliphatic rings. The maximum Gasteiger partial charge on any atom is 0.248 e. The lowest BCUT2D eigenvalue weighted by Gasteiger charge is -2.40. The Morgan fingerprint density at radius 2 is 2.42 bits per heavy atom. The minimum Gasteiger partial charge on any atom is -0.393 e. The maximum absolute atomic E-state index is 11.3. The number of morpholine rings is 1. The van der Waals surface area contributed by atoms with Crippen molar-refractivity contribution >= 4 is 5.91 Å². The lowest BCUT2D eigenvalue weighted by atomic mass is 9.99. The molecule has 0 radical (unpaired) electrons. The molecule has 1 N–H and O–H groups in total. The van der Waals surface area contributed by atoms with Gasteiger partial charge in [-0.2, -0.15) is 0 Å². The summed E-state index contributed by atoms with van der Waals surface area (Å²) in [5.74, 6) is 0.0677. The number of aliphatic hydroxyl groups is 1. The number of hydrogen-bond acceptors (Lipinski definition) is 3. The molecule has 1 amide bonds. The molecule has 0 aromatic heterocycles. The molecule has 0 aromatic rings. The summed E-state index contributed by atoms with van der Waals surface area (Å²) in [6, 6.07) is 0.120. The van der Waals surface area contributed by atoms with Gasteiger partial charge >= 0.3 is 0 Å². The zero-order valence-electron chi connectivity index (χ0n) is 6.90. The van der Waals surface area contributed by atoms with Crippen molar-refractivity contribution in [1.82, 2.24) is 4.90 Å². The van der Waals surface area contributed by atoms with E-state index in [0.717, 1.165) is 0 Å². The molecule has 68 valence electrons. The Bertz CT molecular complexity index is 195. The van der Waals surface area contributed by atoms with Crippen molar-refractivity contribution in [2.24, 2.45) is 0 Å². The van der Waals surface area contributed by atoms with Crippen molar-refractivity contribution in [3.63, 3.8) is 0 Å². The number of nitrogens with zero attached hydrogens (tertiary/aromatic N) is 1. The molecule has 2 aliphatic heterocycles. The van der Waals surface area contributed by atoms with E-state index in [0.29, 0.717) is 26.0 Å². The number of carbonyl (C=O) groups excluding carboxylic acids is 1. The predicted molar refractivity (Wildman–Crippen MR) is 41.6 cm³/mol. The monoisotopic (exact) mass is 171 g/mol. The van der Waals surface area contributed by atoms with Crippen LogP contribution in [-0.2, 0) is 9.53 Å². The summed E-state index contributed by atoms with van der Waals surface area (Å²) in [5.41, 5.74) is 0. The summed E-state index contributed by atoms with van der Waals surface area (Å²) >= 11 is 0. The first kappa shape index (κ1) is 8.01. The number of piperidine rings is 1. The van der Waals surface area contributed by atoms with Crippen LogP contribution in [0, 0.1) is 0 Å². The van der Waals surface area contributed by atoms with Crippen LogP contribution in [0.4, 0.5) is 0 Å². The highest BCUT2D eigenvalue weighted by atomic mass is 16.5. The third-order valence-electron chi connectivity index (χ3n) is 2.54. The molecular formula is C8H13NO3. The van der Waals surface area contributed by atoms with E-state index >= 15 is 0 Å². The van der Waals surface area contributed by atoms with Crippen LogP contribution in [0.15, 0.2) is 0 Å². The van der Waals surface area contributed by atoms with Gasteiger partial charge in [0.15, 0.2) is 0 Å². The van der Waals surface area contributed by atoms with Crippen LogP contribution >= 0.6 is 0 Å². The lowest BCUT2D eigenvalue weighted by molar-refractivity contribution is -0.153. The number of rotatable bonds is 0. The molecule has 0 saturated carbocycles. The highest BCUT2D eigenvalue weighted by Crippen LogP contribution is 2.20. The Morgan fingerprint density at radius 3 is 3.25 bits per heavy atom. The van der Waals surface area contributed by atoms with Gasteiger partial charge in [0.25, 0.3) is 0 Å². The molecule has 0 spiro atoms. The van der Waals surface area contributed by atoms with Gasteiger partial charge in [0.1, 0.15) is 6.61 Å². The number of amides is 1.